The van der Waals surface area contributed by atoms with Crippen LogP contribution in [0.2, 0.25) is 0 Å². The Morgan fingerprint density at radius 2 is 1.82 bits per heavy atom. The summed E-state index contributed by atoms with van der Waals surface area (Å²) in [5.41, 5.74) is 0.738. The van der Waals surface area contributed by atoms with Gasteiger partial charge in [0.15, 0.2) is 0 Å². The molecule has 0 amide bonds. The molecule has 6 heteroatoms. The van der Waals surface area contributed by atoms with Crippen molar-refractivity contribution in [3.63, 3.8) is 0 Å². The van der Waals surface area contributed by atoms with Crippen molar-refractivity contribution >= 4 is 11.9 Å². The second-order valence-electron chi connectivity index (χ2n) is 4.66. The van der Waals surface area contributed by atoms with Gasteiger partial charge in [-0.25, -0.2) is 14.0 Å². The lowest BCUT2D eigenvalue weighted by Gasteiger charge is -2.20. The SMILES string of the molecule is C=C(C(=O)OC)[C@H]1OC(C(=O)OC)=C[C@@H]1c1ccc(F)cc1. The lowest BCUT2D eigenvalue weighted by molar-refractivity contribution is -0.142. The predicted molar refractivity (Wildman–Crippen MR) is 75.3 cm³/mol. The van der Waals surface area contributed by atoms with Crippen LogP contribution in [-0.2, 0) is 23.8 Å². The Bertz CT molecular complexity index is 632. The van der Waals surface area contributed by atoms with Crippen molar-refractivity contribution in [2.45, 2.75) is 12.0 Å². The molecule has 1 aliphatic heterocycles. The normalized spacial score (nSPS) is 19.9. The van der Waals surface area contributed by atoms with Crippen LogP contribution in [0.25, 0.3) is 0 Å². The lowest BCUT2D eigenvalue weighted by Crippen LogP contribution is -2.24. The van der Waals surface area contributed by atoms with Crippen molar-refractivity contribution in [1.29, 1.82) is 0 Å². The number of hydrogen-bond donors (Lipinski definition) is 0. The molecular formula is C16H15FO5. The first-order valence-corrected chi connectivity index (χ1v) is 6.47. The monoisotopic (exact) mass is 306 g/mol. The molecule has 2 atom stereocenters. The van der Waals surface area contributed by atoms with Crippen LogP contribution < -0.4 is 0 Å². The van der Waals surface area contributed by atoms with E-state index in [2.05, 4.69) is 16.1 Å². The third-order valence-corrected chi connectivity index (χ3v) is 3.34. The van der Waals surface area contributed by atoms with E-state index in [1.165, 1.54) is 32.4 Å². The van der Waals surface area contributed by atoms with Gasteiger partial charge in [-0.3, -0.25) is 0 Å². The fourth-order valence-corrected chi connectivity index (χ4v) is 2.21. The topological polar surface area (TPSA) is 61.8 Å². The molecular weight excluding hydrogens is 291 g/mol. The van der Waals surface area contributed by atoms with Crippen LogP contribution >= 0.6 is 0 Å². The quantitative estimate of drug-likeness (QED) is 0.629. The van der Waals surface area contributed by atoms with E-state index in [4.69, 9.17) is 4.74 Å². The zero-order chi connectivity index (χ0) is 16.3. The summed E-state index contributed by atoms with van der Waals surface area (Å²) in [6.07, 6.45) is 0.713. The van der Waals surface area contributed by atoms with Crippen LogP contribution in [0.1, 0.15) is 11.5 Å². The zero-order valence-electron chi connectivity index (χ0n) is 12.2. The highest BCUT2D eigenvalue weighted by Crippen LogP contribution is 2.36. The zero-order valence-corrected chi connectivity index (χ0v) is 12.2. The Balaban J connectivity index is 2.36. The summed E-state index contributed by atoms with van der Waals surface area (Å²) in [6.45, 7) is 3.66. The van der Waals surface area contributed by atoms with E-state index in [0.717, 1.165) is 0 Å². The average molecular weight is 306 g/mol. The van der Waals surface area contributed by atoms with Crippen molar-refractivity contribution in [2.75, 3.05) is 14.2 Å². The van der Waals surface area contributed by atoms with E-state index in [0.29, 0.717) is 5.56 Å². The van der Waals surface area contributed by atoms with Crippen molar-refractivity contribution in [1.82, 2.24) is 0 Å². The summed E-state index contributed by atoms with van der Waals surface area (Å²) < 4.78 is 27.8. The number of hydrogen-bond acceptors (Lipinski definition) is 5. The Kier molecular flexibility index (Phi) is 4.60. The summed E-state index contributed by atoms with van der Waals surface area (Å²) >= 11 is 0. The molecule has 0 spiro atoms. The number of methoxy groups -OCH3 is 2. The maximum Gasteiger partial charge on any atom is 0.373 e. The first-order chi connectivity index (χ1) is 10.5. The molecule has 2 rings (SSSR count). The smallest absolute Gasteiger partial charge is 0.373 e. The summed E-state index contributed by atoms with van der Waals surface area (Å²) in [5, 5.41) is 0. The van der Waals surface area contributed by atoms with Gasteiger partial charge in [0.05, 0.1) is 19.8 Å². The number of carbonyl (C=O) groups excluding carboxylic acids is 2. The minimum Gasteiger partial charge on any atom is -0.477 e. The number of ether oxygens (including phenoxy) is 3. The Morgan fingerprint density at radius 3 is 2.36 bits per heavy atom. The Hall–Kier alpha value is -2.63. The molecule has 0 saturated heterocycles. The maximum absolute atomic E-state index is 13.1. The third kappa shape index (κ3) is 3.00. The molecule has 1 heterocycles. The molecule has 0 unspecified atom stereocenters. The Labute approximate surface area is 127 Å². The molecule has 1 aliphatic rings. The van der Waals surface area contributed by atoms with Crippen molar-refractivity contribution in [2.24, 2.45) is 0 Å². The molecule has 0 radical (unpaired) electrons. The van der Waals surface area contributed by atoms with Gasteiger partial charge in [-0.1, -0.05) is 18.7 Å². The van der Waals surface area contributed by atoms with Gasteiger partial charge >= 0.3 is 11.9 Å². The number of esters is 2. The molecule has 0 N–H and O–H groups in total. The van der Waals surface area contributed by atoms with Crippen LogP contribution in [0.4, 0.5) is 4.39 Å². The van der Waals surface area contributed by atoms with Gasteiger partial charge in [-0.2, -0.15) is 0 Å². The van der Waals surface area contributed by atoms with Crippen molar-refractivity contribution < 1.29 is 28.2 Å². The highest BCUT2D eigenvalue weighted by atomic mass is 19.1. The van der Waals surface area contributed by atoms with Crippen molar-refractivity contribution in [3.8, 4) is 0 Å². The first-order valence-electron chi connectivity index (χ1n) is 6.47. The van der Waals surface area contributed by atoms with E-state index < -0.39 is 24.0 Å². The number of halogens is 1. The van der Waals surface area contributed by atoms with E-state index >= 15 is 0 Å². The molecule has 0 bridgehead atoms. The number of carbonyl (C=O) groups is 2. The summed E-state index contributed by atoms with van der Waals surface area (Å²) in [5.74, 6) is -2.18. The fourth-order valence-electron chi connectivity index (χ4n) is 2.21. The number of benzene rings is 1. The van der Waals surface area contributed by atoms with Crippen LogP contribution in [0.5, 0.6) is 0 Å². The standard InChI is InChI=1S/C16H15FO5/c1-9(15(18)20-2)14-12(8-13(22-14)16(19)21-3)10-4-6-11(17)7-5-10/h4-8,12,14H,1H2,2-3H3/t12-,14-/m1/s1. The van der Waals surface area contributed by atoms with E-state index in [9.17, 15) is 14.0 Å². The number of rotatable bonds is 4. The lowest BCUT2D eigenvalue weighted by atomic mass is 9.90. The summed E-state index contributed by atoms with van der Waals surface area (Å²) in [7, 11) is 2.45. The predicted octanol–water partition coefficient (Wildman–Crippen LogP) is 2.09. The van der Waals surface area contributed by atoms with Gasteiger partial charge in [0.1, 0.15) is 11.9 Å². The molecule has 1 aromatic rings. The van der Waals surface area contributed by atoms with E-state index in [1.54, 1.807) is 12.1 Å². The molecule has 0 saturated carbocycles. The van der Waals surface area contributed by atoms with Crippen LogP contribution in [0, 0.1) is 5.82 Å². The maximum atomic E-state index is 13.1. The van der Waals surface area contributed by atoms with Crippen LogP contribution in [0.3, 0.4) is 0 Å². The molecule has 5 nitrogen and oxygen atoms in total. The molecule has 0 fully saturated rings. The van der Waals surface area contributed by atoms with Gasteiger partial charge in [-0.15, -0.1) is 0 Å². The van der Waals surface area contributed by atoms with Gasteiger partial charge in [0.25, 0.3) is 0 Å². The van der Waals surface area contributed by atoms with E-state index in [-0.39, 0.29) is 17.1 Å². The highest BCUT2D eigenvalue weighted by molar-refractivity contribution is 5.91. The van der Waals surface area contributed by atoms with Gasteiger partial charge in [0, 0.05) is 5.92 Å². The summed E-state index contributed by atoms with van der Waals surface area (Å²) in [4.78, 5) is 23.3. The third-order valence-electron chi connectivity index (χ3n) is 3.34. The highest BCUT2D eigenvalue weighted by Gasteiger charge is 2.38. The second kappa shape index (κ2) is 6.43. The van der Waals surface area contributed by atoms with Gasteiger partial charge in [0.2, 0.25) is 5.76 Å². The second-order valence-corrected chi connectivity index (χ2v) is 4.66. The summed E-state index contributed by atoms with van der Waals surface area (Å²) in [6, 6.07) is 5.68. The van der Waals surface area contributed by atoms with Crippen molar-refractivity contribution in [3.05, 3.63) is 59.6 Å². The molecule has 0 aliphatic carbocycles. The van der Waals surface area contributed by atoms with Gasteiger partial charge in [-0.05, 0) is 23.8 Å². The van der Waals surface area contributed by atoms with Gasteiger partial charge < -0.3 is 14.2 Å². The largest absolute Gasteiger partial charge is 0.477 e. The van der Waals surface area contributed by atoms with Crippen LogP contribution in [-0.4, -0.2) is 32.3 Å². The molecule has 116 valence electrons. The minimum atomic E-state index is -0.813. The fraction of sp³-hybridized carbons (Fsp3) is 0.250. The average Bonchev–Trinajstić information content (AvgIpc) is 2.98. The molecule has 1 aromatic carbocycles. The van der Waals surface area contributed by atoms with Crippen LogP contribution in [0.15, 0.2) is 48.3 Å². The van der Waals surface area contributed by atoms with E-state index in [1.807, 2.05) is 0 Å². The Morgan fingerprint density at radius 1 is 1.18 bits per heavy atom. The molecule has 0 aromatic heterocycles. The first kappa shape index (κ1) is 15.8. The minimum absolute atomic E-state index is 0.0214. The molecule has 22 heavy (non-hydrogen) atoms.